The standard InChI is InChI=1S/C20H28N4O3.ClH/c1-21-18(25)15-6-2-7-16(11-15)20(27)24-10-4-5-14(13-24)12-23-19(26)17-8-3-9-22-17;/h2,6-7,11,14,17,22H,3-5,8-10,12-13H2,1H3,(H,21,25)(H,23,26);1H. The minimum absolute atomic E-state index is 0. The van der Waals surface area contributed by atoms with Gasteiger partial charge in [-0.05, 0) is 56.3 Å². The summed E-state index contributed by atoms with van der Waals surface area (Å²) in [4.78, 5) is 38.6. The molecule has 1 aromatic carbocycles. The van der Waals surface area contributed by atoms with Crippen LogP contribution in [0, 0.1) is 5.92 Å². The minimum atomic E-state index is -0.204. The van der Waals surface area contributed by atoms with Gasteiger partial charge in [0.25, 0.3) is 11.8 Å². The molecule has 1 aromatic rings. The Labute approximate surface area is 172 Å². The Hall–Kier alpha value is -2.12. The Morgan fingerprint density at radius 2 is 1.96 bits per heavy atom. The van der Waals surface area contributed by atoms with E-state index in [4.69, 9.17) is 0 Å². The fourth-order valence-electron chi connectivity index (χ4n) is 3.81. The van der Waals surface area contributed by atoms with Crippen molar-refractivity contribution in [1.29, 1.82) is 0 Å². The van der Waals surface area contributed by atoms with Gasteiger partial charge >= 0.3 is 0 Å². The third-order valence-corrected chi connectivity index (χ3v) is 5.35. The zero-order chi connectivity index (χ0) is 19.2. The molecule has 0 aromatic heterocycles. The molecule has 3 N–H and O–H groups in total. The summed E-state index contributed by atoms with van der Waals surface area (Å²) in [6.07, 6.45) is 3.85. The van der Waals surface area contributed by atoms with Crippen LogP contribution in [0.5, 0.6) is 0 Å². The number of halogens is 1. The number of amides is 3. The number of rotatable bonds is 5. The van der Waals surface area contributed by atoms with E-state index in [0.717, 1.165) is 32.2 Å². The molecule has 2 aliphatic rings. The molecule has 2 aliphatic heterocycles. The first kappa shape index (κ1) is 22.2. The quantitative estimate of drug-likeness (QED) is 0.682. The Bertz CT molecular complexity index is 706. The Morgan fingerprint density at radius 3 is 2.68 bits per heavy atom. The Morgan fingerprint density at radius 1 is 1.18 bits per heavy atom. The minimum Gasteiger partial charge on any atom is -0.355 e. The van der Waals surface area contributed by atoms with E-state index in [1.807, 2.05) is 4.90 Å². The van der Waals surface area contributed by atoms with E-state index < -0.39 is 0 Å². The van der Waals surface area contributed by atoms with Gasteiger partial charge in [-0.1, -0.05) is 6.07 Å². The highest BCUT2D eigenvalue weighted by atomic mass is 35.5. The van der Waals surface area contributed by atoms with Crippen molar-refractivity contribution in [3.63, 3.8) is 0 Å². The number of carbonyl (C=O) groups excluding carboxylic acids is 3. The number of carbonyl (C=O) groups is 3. The van der Waals surface area contributed by atoms with Gasteiger partial charge in [-0.15, -0.1) is 12.4 Å². The van der Waals surface area contributed by atoms with Crippen LogP contribution in [0.2, 0.25) is 0 Å². The molecule has 28 heavy (non-hydrogen) atoms. The van der Waals surface area contributed by atoms with E-state index in [0.29, 0.717) is 30.8 Å². The van der Waals surface area contributed by atoms with Crippen LogP contribution in [0.25, 0.3) is 0 Å². The van der Waals surface area contributed by atoms with E-state index in [9.17, 15) is 14.4 Å². The zero-order valence-corrected chi connectivity index (χ0v) is 17.0. The molecule has 7 nitrogen and oxygen atoms in total. The first-order chi connectivity index (χ1) is 13.1. The third kappa shape index (κ3) is 5.45. The van der Waals surface area contributed by atoms with Crippen LogP contribution in [0.1, 0.15) is 46.4 Å². The first-order valence-corrected chi connectivity index (χ1v) is 9.71. The molecule has 3 rings (SSSR count). The average Bonchev–Trinajstić information content (AvgIpc) is 3.26. The highest BCUT2D eigenvalue weighted by molar-refractivity contribution is 5.99. The molecular weight excluding hydrogens is 380 g/mol. The predicted octanol–water partition coefficient (Wildman–Crippen LogP) is 1.19. The van der Waals surface area contributed by atoms with Crippen LogP contribution in [0.4, 0.5) is 0 Å². The maximum atomic E-state index is 12.9. The number of likely N-dealkylation sites (tertiary alicyclic amines) is 1. The summed E-state index contributed by atoms with van der Waals surface area (Å²) in [7, 11) is 1.57. The smallest absolute Gasteiger partial charge is 0.253 e. The molecular formula is C20H29ClN4O3. The predicted molar refractivity (Wildman–Crippen MR) is 110 cm³/mol. The summed E-state index contributed by atoms with van der Waals surface area (Å²) in [5.41, 5.74) is 1.00. The molecule has 2 atom stereocenters. The molecule has 0 bridgehead atoms. The fourth-order valence-corrected chi connectivity index (χ4v) is 3.81. The average molecular weight is 409 g/mol. The molecule has 8 heteroatoms. The number of nitrogens with one attached hydrogen (secondary N) is 3. The monoisotopic (exact) mass is 408 g/mol. The maximum absolute atomic E-state index is 12.9. The topological polar surface area (TPSA) is 90.5 Å². The van der Waals surface area contributed by atoms with Crippen molar-refractivity contribution in [1.82, 2.24) is 20.9 Å². The van der Waals surface area contributed by atoms with Gasteiger partial charge in [0, 0.05) is 37.8 Å². The van der Waals surface area contributed by atoms with Crippen molar-refractivity contribution < 1.29 is 14.4 Å². The molecule has 2 unspecified atom stereocenters. The SMILES string of the molecule is CNC(=O)c1cccc(C(=O)N2CCCC(CNC(=O)C3CCCN3)C2)c1.Cl. The molecule has 0 saturated carbocycles. The van der Waals surface area contributed by atoms with Crippen LogP contribution in [0.3, 0.4) is 0 Å². The molecule has 3 amide bonds. The van der Waals surface area contributed by atoms with Gasteiger partial charge in [0.1, 0.15) is 0 Å². The van der Waals surface area contributed by atoms with Crippen molar-refractivity contribution in [3.8, 4) is 0 Å². The van der Waals surface area contributed by atoms with Gasteiger partial charge in [0.15, 0.2) is 0 Å². The summed E-state index contributed by atoms with van der Waals surface area (Å²) in [5, 5.41) is 8.81. The van der Waals surface area contributed by atoms with Crippen LogP contribution in [0.15, 0.2) is 24.3 Å². The van der Waals surface area contributed by atoms with Crippen LogP contribution in [-0.4, -0.2) is 61.9 Å². The number of hydrogen-bond donors (Lipinski definition) is 3. The van der Waals surface area contributed by atoms with Crippen LogP contribution in [-0.2, 0) is 4.79 Å². The second-order valence-electron chi connectivity index (χ2n) is 7.31. The lowest BCUT2D eigenvalue weighted by Gasteiger charge is -2.33. The molecule has 0 aliphatic carbocycles. The maximum Gasteiger partial charge on any atom is 0.253 e. The molecule has 0 radical (unpaired) electrons. The van der Waals surface area contributed by atoms with Crippen molar-refractivity contribution in [2.24, 2.45) is 5.92 Å². The first-order valence-electron chi connectivity index (χ1n) is 9.71. The van der Waals surface area contributed by atoms with Gasteiger partial charge < -0.3 is 20.9 Å². The zero-order valence-electron chi connectivity index (χ0n) is 16.2. The van der Waals surface area contributed by atoms with Crippen LogP contribution < -0.4 is 16.0 Å². The molecule has 2 heterocycles. The summed E-state index contributed by atoms with van der Waals surface area (Å²) in [6, 6.07) is 6.73. The van der Waals surface area contributed by atoms with Crippen molar-refractivity contribution >= 4 is 30.1 Å². The van der Waals surface area contributed by atoms with Gasteiger partial charge in [-0.3, -0.25) is 14.4 Å². The van der Waals surface area contributed by atoms with Crippen molar-refractivity contribution in [3.05, 3.63) is 35.4 Å². The number of hydrogen-bond acceptors (Lipinski definition) is 4. The highest BCUT2D eigenvalue weighted by Crippen LogP contribution is 2.19. The van der Waals surface area contributed by atoms with Gasteiger partial charge in [0.2, 0.25) is 5.91 Å². The van der Waals surface area contributed by atoms with E-state index in [-0.39, 0.29) is 42.1 Å². The van der Waals surface area contributed by atoms with E-state index in [1.165, 1.54) is 0 Å². The number of benzene rings is 1. The lowest BCUT2D eigenvalue weighted by Crippen LogP contribution is -2.46. The largest absolute Gasteiger partial charge is 0.355 e. The number of piperidine rings is 1. The summed E-state index contributed by atoms with van der Waals surface area (Å²) in [6.45, 7) is 2.83. The van der Waals surface area contributed by atoms with Gasteiger partial charge in [-0.25, -0.2) is 0 Å². The summed E-state index contributed by atoms with van der Waals surface area (Å²) >= 11 is 0. The fraction of sp³-hybridized carbons (Fsp3) is 0.550. The highest BCUT2D eigenvalue weighted by Gasteiger charge is 2.27. The molecule has 2 fully saturated rings. The van der Waals surface area contributed by atoms with E-state index in [1.54, 1.807) is 31.3 Å². The van der Waals surface area contributed by atoms with Crippen molar-refractivity contribution in [2.75, 3.05) is 33.2 Å². The second kappa shape index (κ2) is 10.4. The Balaban J connectivity index is 0.00000280. The molecule has 0 spiro atoms. The third-order valence-electron chi connectivity index (χ3n) is 5.35. The lowest BCUT2D eigenvalue weighted by atomic mass is 9.97. The molecule has 154 valence electrons. The summed E-state index contributed by atoms with van der Waals surface area (Å²) < 4.78 is 0. The summed E-state index contributed by atoms with van der Waals surface area (Å²) in [5.74, 6) is 0.0584. The van der Waals surface area contributed by atoms with Gasteiger partial charge in [-0.2, -0.15) is 0 Å². The van der Waals surface area contributed by atoms with Crippen LogP contribution >= 0.6 is 12.4 Å². The van der Waals surface area contributed by atoms with E-state index in [2.05, 4.69) is 16.0 Å². The lowest BCUT2D eigenvalue weighted by molar-refractivity contribution is -0.123. The second-order valence-corrected chi connectivity index (χ2v) is 7.31. The molecule has 2 saturated heterocycles. The Kier molecular flexibility index (Phi) is 8.26. The van der Waals surface area contributed by atoms with E-state index >= 15 is 0 Å². The van der Waals surface area contributed by atoms with Gasteiger partial charge in [0.05, 0.1) is 6.04 Å². The normalized spacial score (nSPS) is 21.5. The number of nitrogens with zero attached hydrogens (tertiary/aromatic N) is 1. The van der Waals surface area contributed by atoms with Crippen molar-refractivity contribution in [2.45, 2.75) is 31.7 Å².